The zero-order chi connectivity index (χ0) is 15.6. The van der Waals surface area contributed by atoms with Crippen LogP contribution in [0.1, 0.15) is 34.5 Å². The van der Waals surface area contributed by atoms with Crippen LogP contribution in [0.4, 0.5) is 10.1 Å². The molecule has 1 unspecified atom stereocenters. The minimum atomic E-state index is -1.12. The van der Waals surface area contributed by atoms with Crippen molar-refractivity contribution in [3.05, 3.63) is 58.9 Å². The van der Waals surface area contributed by atoms with Crippen LogP contribution in [0.2, 0.25) is 0 Å². The number of benzene rings is 2. The van der Waals surface area contributed by atoms with E-state index >= 15 is 0 Å². The van der Waals surface area contributed by atoms with Crippen molar-refractivity contribution in [2.45, 2.75) is 19.9 Å². The summed E-state index contributed by atoms with van der Waals surface area (Å²) in [5.74, 6) is -1.56. The Kier molecular flexibility index (Phi) is 4.12. The Morgan fingerprint density at radius 2 is 1.95 bits per heavy atom. The Morgan fingerprint density at radius 1 is 1.24 bits per heavy atom. The number of phenolic OH excluding ortho intramolecular Hbond substituents is 1. The molecule has 1 atom stereocenters. The molecule has 0 spiro atoms. The maximum atomic E-state index is 13.8. The summed E-state index contributed by atoms with van der Waals surface area (Å²) in [4.78, 5) is 10.9. The molecule has 0 radical (unpaired) electrons. The fourth-order valence-electron chi connectivity index (χ4n) is 2.10. The normalized spacial score (nSPS) is 12.0. The lowest BCUT2D eigenvalue weighted by Crippen LogP contribution is -2.09. The molecule has 2 rings (SSSR count). The maximum Gasteiger partial charge on any atom is 0.335 e. The molecular formula is C16H16FNO3. The monoisotopic (exact) mass is 289 g/mol. The van der Waals surface area contributed by atoms with Gasteiger partial charge < -0.3 is 15.5 Å². The first-order valence-electron chi connectivity index (χ1n) is 6.47. The topological polar surface area (TPSA) is 69.6 Å². The molecule has 0 aliphatic carbocycles. The molecule has 2 aromatic carbocycles. The summed E-state index contributed by atoms with van der Waals surface area (Å²) in [5.41, 5.74) is 1.68. The first-order chi connectivity index (χ1) is 9.88. The van der Waals surface area contributed by atoms with Crippen molar-refractivity contribution in [1.29, 1.82) is 0 Å². The van der Waals surface area contributed by atoms with Gasteiger partial charge in [-0.15, -0.1) is 0 Å². The molecule has 0 aliphatic rings. The van der Waals surface area contributed by atoms with Crippen molar-refractivity contribution in [1.82, 2.24) is 0 Å². The Morgan fingerprint density at radius 3 is 2.62 bits per heavy atom. The van der Waals surface area contributed by atoms with Gasteiger partial charge in [-0.1, -0.05) is 17.7 Å². The van der Waals surface area contributed by atoms with Gasteiger partial charge in [-0.05, 0) is 38.1 Å². The quantitative estimate of drug-likeness (QED) is 0.802. The number of nitrogens with one attached hydrogen (secondary N) is 1. The number of carbonyl (C=O) groups is 1. The van der Waals surface area contributed by atoms with Crippen molar-refractivity contribution in [2.24, 2.45) is 0 Å². The highest BCUT2D eigenvalue weighted by Crippen LogP contribution is 2.29. The summed E-state index contributed by atoms with van der Waals surface area (Å²) >= 11 is 0. The van der Waals surface area contributed by atoms with E-state index in [9.17, 15) is 14.3 Å². The van der Waals surface area contributed by atoms with Gasteiger partial charge >= 0.3 is 5.97 Å². The zero-order valence-corrected chi connectivity index (χ0v) is 11.7. The van der Waals surface area contributed by atoms with Crippen molar-refractivity contribution in [2.75, 3.05) is 5.32 Å². The fraction of sp³-hybridized carbons (Fsp3) is 0.188. The van der Waals surface area contributed by atoms with Crippen LogP contribution in [0.5, 0.6) is 5.75 Å². The highest BCUT2D eigenvalue weighted by Gasteiger charge is 2.14. The Bertz CT molecular complexity index is 685. The molecule has 0 aliphatic heterocycles. The molecule has 0 amide bonds. The summed E-state index contributed by atoms with van der Waals surface area (Å²) in [5, 5.41) is 21.7. The van der Waals surface area contributed by atoms with E-state index < -0.39 is 11.8 Å². The standard InChI is InChI=1S/C16H16FNO3/c1-9-3-6-15(19)12(7-9)10(2)18-14-8-11(16(20)21)4-5-13(14)17/h3-8,10,18-19H,1-2H3,(H,20,21). The van der Waals surface area contributed by atoms with Gasteiger partial charge in [0.1, 0.15) is 11.6 Å². The Hall–Kier alpha value is -2.56. The van der Waals surface area contributed by atoms with Crippen LogP contribution < -0.4 is 5.32 Å². The summed E-state index contributed by atoms with van der Waals surface area (Å²) in [7, 11) is 0. The largest absolute Gasteiger partial charge is 0.508 e. The molecular weight excluding hydrogens is 273 g/mol. The number of aromatic hydroxyl groups is 1. The third-order valence-electron chi connectivity index (χ3n) is 3.23. The van der Waals surface area contributed by atoms with Crippen molar-refractivity contribution in [3.8, 4) is 5.75 Å². The van der Waals surface area contributed by atoms with E-state index in [1.165, 1.54) is 12.1 Å². The Labute approximate surface area is 121 Å². The molecule has 4 nitrogen and oxygen atoms in total. The molecule has 2 aromatic rings. The molecule has 0 heterocycles. The van der Waals surface area contributed by atoms with Gasteiger partial charge in [0.15, 0.2) is 0 Å². The van der Waals surface area contributed by atoms with Crippen LogP contribution in [0, 0.1) is 12.7 Å². The van der Waals surface area contributed by atoms with Crippen molar-refractivity contribution in [3.63, 3.8) is 0 Å². The first-order valence-corrected chi connectivity index (χ1v) is 6.47. The number of aryl methyl sites for hydroxylation is 1. The average Bonchev–Trinajstić information content (AvgIpc) is 2.43. The van der Waals surface area contributed by atoms with Crippen LogP contribution >= 0.6 is 0 Å². The lowest BCUT2D eigenvalue weighted by Gasteiger charge is -2.18. The fourth-order valence-corrected chi connectivity index (χ4v) is 2.10. The van der Waals surface area contributed by atoms with Crippen molar-refractivity contribution >= 4 is 11.7 Å². The van der Waals surface area contributed by atoms with E-state index in [-0.39, 0.29) is 23.0 Å². The predicted molar refractivity (Wildman–Crippen MR) is 78.2 cm³/mol. The molecule has 5 heteroatoms. The summed E-state index contributed by atoms with van der Waals surface area (Å²) in [6.07, 6.45) is 0. The van der Waals surface area contributed by atoms with E-state index in [0.717, 1.165) is 11.6 Å². The molecule has 0 saturated heterocycles. The minimum absolute atomic E-state index is 0.000404. The second-order valence-corrected chi connectivity index (χ2v) is 4.93. The smallest absolute Gasteiger partial charge is 0.335 e. The highest BCUT2D eigenvalue weighted by molar-refractivity contribution is 5.88. The average molecular weight is 289 g/mol. The molecule has 0 aromatic heterocycles. The molecule has 0 bridgehead atoms. The third kappa shape index (κ3) is 3.31. The molecule has 0 saturated carbocycles. The SMILES string of the molecule is Cc1ccc(O)c(C(C)Nc2cc(C(=O)O)ccc2F)c1. The van der Waals surface area contributed by atoms with Gasteiger partial charge in [-0.3, -0.25) is 0 Å². The van der Waals surface area contributed by atoms with Crippen LogP contribution in [0.25, 0.3) is 0 Å². The lowest BCUT2D eigenvalue weighted by molar-refractivity contribution is 0.0697. The number of hydrogen-bond donors (Lipinski definition) is 3. The first kappa shape index (κ1) is 14.8. The van der Waals surface area contributed by atoms with Gasteiger partial charge in [-0.2, -0.15) is 0 Å². The number of aromatic carboxylic acids is 1. The van der Waals surface area contributed by atoms with E-state index in [0.29, 0.717) is 5.56 Å². The Balaban J connectivity index is 2.31. The van der Waals surface area contributed by atoms with Gasteiger partial charge in [0, 0.05) is 5.56 Å². The summed E-state index contributed by atoms with van der Waals surface area (Å²) in [6, 6.07) is 8.33. The maximum absolute atomic E-state index is 13.8. The third-order valence-corrected chi connectivity index (χ3v) is 3.23. The molecule has 3 N–H and O–H groups in total. The van der Waals surface area contributed by atoms with Gasteiger partial charge in [0.2, 0.25) is 0 Å². The van der Waals surface area contributed by atoms with E-state index in [2.05, 4.69) is 5.32 Å². The number of phenols is 1. The number of halogens is 1. The highest BCUT2D eigenvalue weighted by atomic mass is 19.1. The number of anilines is 1. The minimum Gasteiger partial charge on any atom is -0.508 e. The van der Waals surface area contributed by atoms with Crippen molar-refractivity contribution < 1.29 is 19.4 Å². The lowest BCUT2D eigenvalue weighted by atomic mass is 10.0. The second-order valence-electron chi connectivity index (χ2n) is 4.93. The molecule has 21 heavy (non-hydrogen) atoms. The van der Waals surface area contributed by atoms with Crippen LogP contribution in [-0.2, 0) is 0 Å². The number of rotatable bonds is 4. The van der Waals surface area contributed by atoms with Crippen LogP contribution in [0.15, 0.2) is 36.4 Å². The van der Waals surface area contributed by atoms with E-state index in [1.807, 2.05) is 6.92 Å². The van der Waals surface area contributed by atoms with E-state index in [1.54, 1.807) is 25.1 Å². The van der Waals surface area contributed by atoms with Crippen LogP contribution in [0.3, 0.4) is 0 Å². The van der Waals surface area contributed by atoms with Gasteiger partial charge in [0.25, 0.3) is 0 Å². The van der Waals surface area contributed by atoms with Crippen LogP contribution in [-0.4, -0.2) is 16.2 Å². The number of carboxylic acids is 1. The molecule has 0 fully saturated rings. The van der Waals surface area contributed by atoms with Gasteiger partial charge in [0.05, 0.1) is 17.3 Å². The van der Waals surface area contributed by atoms with E-state index in [4.69, 9.17) is 5.11 Å². The molecule has 110 valence electrons. The summed E-state index contributed by atoms with van der Waals surface area (Å²) < 4.78 is 13.8. The number of hydrogen-bond acceptors (Lipinski definition) is 3. The number of carboxylic acid groups (broad SMARTS) is 1. The zero-order valence-electron chi connectivity index (χ0n) is 11.7. The second kappa shape index (κ2) is 5.83. The predicted octanol–water partition coefficient (Wildman–Crippen LogP) is 3.71. The summed E-state index contributed by atoms with van der Waals surface area (Å²) in [6.45, 7) is 3.66. The van der Waals surface area contributed by atoms with Gasteiger partial charge in [-0.25, -0.2) is 9.18 Å².